The molecule has 168 valence electrons. The van der Waals surface area contributed by atoms with Crippen LogP contribution < -0.4 is 26.8 Å². The number of hydrogen-bond acceptors (Lipinski definition) is 7. The van der Waals surface area contributed by atoms with E-state index in [2.05, 4.69) is 16.0 Å². The van der Waals surface area contributed by atoms with E-state index >= 15 is 0 Å². The molecule has 1 amide bonds. The number of rotatable bonds is 10. The van der Waals surface area contributed by atoms with Crippen molar-refractivity contribution < 1.29 is 14.7 Å². The van der Waals surface area contributed by atoms with Crippen molar-refractivity contribution >= 4 is 28.9 Å². The summed E-state index contributed by atoms with van der Waals surface area (Å²) in [4.78, 5) is 47.7. The number of hydrogen-bond donors (Lipinski definition) is 4. The van der Waals surface area contributed by atoms with E-state index in [9.17, 15) is 24.3 Å². The van der Waals surface area contributed by atoms with Crippen LogP contribution in [0.15, 0.2) is 58.1 Å². The van der Waals surface area contributed by atoms with Gasteiger partial charge < -0.3 is 21.1 Å². The van der Waals surface area contributed by atoms with Crippen LogP contribution in [0, 0.1) is 11.3 Å². The second kappa shape index (κ2) is 10.2. The van der Waals surface area contributed by atoms with E-state index in [4.69, 9.17) is 5.26 Å². The van der Waals surface area contributed by atoms with Gasteiger partial charge in [0.25, 0.3) is 16.8 Å². The van der Waals surface area contributed by atoms with Crippen LogP contribution in [0.5, 0.6) is 0 Å². The van der Waals surface area contributed by atoms with Gasteiger partial charge in [-0.15, -0.1) is 0 Å². The predicted octanol–water partition coefficient (Wildman–Crippen LogP) is 2.34. The van der Waals surface area contributed by atoms with E-state index in [0.717, 1.165) is 6.42 Å². The number of carboxylic acid groups (broad SMARTS) is 1. The summed E-state index contributed by atoms with van der Waals surface area (Å²) in [5.41, 5.74) is 0.747. The Hall–Kier alpha value is -4.45. The highest BCUT2D eigenvalue weighted by atomic mass is 16.4. The van der Waals surface area contributed by atoms with Crippen LogP contribution in [0.2, 0.25) is 0 Å². The number of nitrogens with one attached hydrogen (secondary N) is 3. The van der Waals surface area contributed by atoms with E-state index < -0.39 is 22.9 Å². The summed E-state index contributed by atoms with van der Waals surface area (Å²) >= 11 is 0. The number of carbonyl (C=O) groups is 2. The molecular formula is C24H22N4O5. The topological polar surface area (TPSA) is 148 Å². The lowest BCUT2D eigenvalue weighted by Gasteiger charge is -2.20. The summed E-state index contributed by atoms with van der Waals surface area (Å²) in [6.45, 7) is 2.40. The molecule has 9 nitrogen and oxygen atoms in total. The summed E-state index contributed by atoms with van der Waals surface area (Å²) in [5, 5.41) is 26.7. The number of nitrogens with zero attached hydrogens (tertiary/aromatic N) is 1. The Morgan fingerprint density at radius 1 is 1.00 bits per heavy atom. The Balaban J connectivity index is 1.66. The Bertz CT molecular complexity index is 1270. The Kier molecular flexibility index (Phi) is 7.20. The Labute approximate surface area is 189 Å². The summed E-state index contributed by atoms with van der Waals surface area (Å²) in [6, 6.07) is 13.7. The van der Waals surface area contributed by atoms with Crippen molar-refractivity contribution in [2.75, 3.05) is 22.5 Å². The van der Waals surface area contributed by atoms with Gasteiger partial charge in [-0.3, -0.25) is 14.4 Å². The van der Waals surface area contributed by atoms with Crippen molar-refractivity contribution in [3.8, 4) is 6.07 Å². The fraction of sp³-hybridized carbons (Fsp3) is 0.208. The quantitative estimate of drug-likeness (QED) is 0.347. The first-order valence-electron chi connectivity index (χ1n) is 10.3. The largest absolute Gasteiger partial charge is 0.480 e. The number of carboxylic acids is 1. The first-order chi connectivity index (χ1) is 15.8. The molecular weight excluding hydrogens is 424 g/mol. The maximum absolute atomic E-state index is 12.3. The maximum Gasteiger partial charge on any atom is 0.326 e. The van der Waals surface area contributed by atoms with Crippen molar-refractivity contribution in [1.29, 1.82) is 5.26 Å². The zero-order valence-electron chi connectivity index (χ0n) is 17.8. The van der Waals surface area contributed by atoms with Crippen molar-refractivity contribution in [3.63, 3.8) is 0 Å². The number of nitriles is 1. The SMILES string of the molecule is CCCNc1c(N[C@@H](Cc2ccc(NC(=O)c3ccc(C#N)cc3)cc2)C(=O)O)c(=O)c1=O. The van der Waals surface area contributed by atoms with Gasteiger partial charge in [0.05, 0.1) is 11.6 Å². The second-order valence-corrected chi connectivity index (χ2v) is 7.41. The van der Waals surface area contributed by atoms with Gasteiger partial charge in [0, 0.05) is 24.2 Å². The molecule has 33 heavy (non-hydrogen) atoms. The van der Waals surface area contributed by atoms with Crippen LogP contribution in [-0.4, -0.2) is 29.6 Å². The molecule has 0 saturated carbocycles. The molecule has 0 heterocycles. The van der Waals surface area contributed by atoms with E-state index in [-0.39, 0.29) is 23.7 Å². The average molecular weight is 446 g/mol. The molecule has 0 unspecified atom stereocenters. The fourth-order valence-electron chi connectivity index (χ4n) is 3.18. The number of amides is 1. The van der Waals surface area contributed by atoms with Crippen molar-refractivity contribution in [2.45, 2.75) is 25.8 Å². The normalized spacial score (nSPS) is 11.4. The highest BCUT2D eigenvalue weighted by Gasteiger charge is 2.26. The zero-order chi connectivity index (χ0) is 24.0. The number of carbonyl (C=O) groups excluding carboxylic acids is 1. The van der Waals surface area contributed by atoms with Crippen molar-refractivity contribution in [1.82, 2.24) is 0 Å². The summed E-state index contributed by atoms with van der Waals surface area (Å²) in [7, 11) is 0. The monoisotopic (exact) mass is 446 g/mol. The molecule has 0 aliphatic heterocycles. The summed E-state index contributed by atoms with van der Waals surface area (Å²) in [5.74, 6) is -1.51. The van der Waals surface area contributed by atoms with E-state index in [1.807, 2.05) is 13.0 Å². The fourth-order valence-corrected chi connectivity index (χ4v) is 3.18. The van der Waals surface area contributed by atoms with Crippen molar-refractivity contribution in [3.05, 3.63) is 85.7 Å². The van der Waals surface area contributed by atoms with Gasteiger partial charge >= 0.3 is 5.97 Å². The zero-order valence-corrected chi connectivity index (χ0v) is 17.8. The smallest absolute Gasteiger partial charge is 0.326 e. The molecule has 3 aromatic rings. The van der Waals surface area contributed by atoms with Crippen LogP contribution in [-0.2, 0) is 11.2 Å². The molecule has 0 aliphatic rings. The van der Waals surface area contributed by atoms with Gasteiger partial charge in [0.2, 0.25) is 0 Å². The van der Waals surface area contributed by atoms with Gasteiger partial charge in [0.15, 0.2) is 0 Å². The molecule has 1 atom stereocenters. The second-order valence-electron chi connectivity index (χ2n) is 7.41. The van der Waals surface area contributed by atoms with Gasteiger partial charge in [-0.2, -0.15) is 5.26 Å². The Morgan fingerprint density at radius 2 is 1.64 bits per heavy atom. The number of benzene rings is 2. The number of aliphatic carboxylic acids is 1. The van der Waals surface area contributed by atoms with Crippen LogP contribution in [0.25, 0.3) is 0 Å². The molecule has 0 bridgehead atoms. The third kappa shape index (κ3) is 5.43. The minimum atomic E-state index is -1.16. The molecule has 0 spiro atoms. The molecule has 4 N–H and O–H groups in total. The summed E-state index contributed by atoms with van der Waals surface area (Å²) in [6.07, 6.45) is 0.805. The molecule has 9 heteroatoms. The van der Waals surface area contributed by atoms with Crippen molar-refractivity contribution in [2.24, 2.45) is 0 Å². The number of anilines is 3. The predicted molar refractivity (Wildman–Crippen MR) is 124 cm³/mol. The molecule has 0 saturated heterocycles. The van der Waals surface area contributed by atoms with Gasteiger partial charge in [-0.1, -0.05) is 19.1 Å². The van der Waals surface area contributed by atoms with Gasteiger partial charge in [-0.25, -0.2) is 4.79 Å². The maximum atomic E-state index is 12.3. The standard InChI is InChI=1S/C24H22N4O5/c1-2-11-26-19-20(22(30)21(19)29)28-18(24(32)33)12-14-5-9-17(10-6-14)27-23(31)16-7-3-15(13-25)4-8-16/h3-10,18,26,28H,2,11-12H2,1H3,(H,27,31)(H,32,33)/t18-/m0/s1. The molecule has 0 radical (unpaired) electrons. The minimum Gasteiger partial charge on any atom is -0.480 e. The third-order valence-corrected chi connectivity index (χ3v) is 5.01. The van der Waals surface area contributed by atoms with E-state index in [1.54, 1.807) is 48.5 Å². The Morgan fingerprint density at radius 3 is 2.21 bits per heavy atom. The molecule has 3 rings (SSSR count). The average Bonchev–Trinajstić information content (AvgIpc) is 2.83. The molecule has 0 fully saturated rings. The summed E-state index contributed by atoms with van der Waals surface area (Å²) < 4.78 is 0. The van der Waals surface area contributed by atoms with Gasteiger partial charge in [0.1, 0.15) is 17.4 Å². The minimum absolute atomic E-state index is 0.00727. The lowest BCUT2D eigenvalue weighted by atomic mass is 10.0. The third-order valence-electron chi connectivity index (χ3n) is 5.01. The first kappa shape index (κ1) is 23.2. The van der Waals surface area contributed by atoms with E-state index in [0.29, 0.717) is 28.9 Å². The highest BCUT2D eigenvalue weighted by Crippen LogP contribution is 2.18. The van der Waals surface area contributed by atoms with Crippen LogP contribution in [0.1, 0.15) is 34.8 Å². The molecule has 3 aromatic carbocycles. The van der Waals surface area contributed by atoms with Crippen LogP contribution >= 0.6 is 0 Å². The van der Waals surface area contributed by atoms with Gasteiger partial charge in [-0.05, 0) is 48.4 Å². The lowest BCUT2D eigenvalue weighted by Crippen LogP contribution is -2.42. The molecule has 0 aliphatic carbocycles. The first-order valence-corrected chi connectivity index (χ1v) is 10.3. The van der Waals surface area contributed by atoms with Crippen LogP contribution in [0.4, 0.5) is 17.1 Å². The highest BCUT2D eigenvalue weighted by molar-refractivity contribution is 6.04. The van der Waals surface area contributed by atoms with Crippen LogP contribution in [0.3, 0.4) is 0 Å². The lowest BCUT2D eigenvalue weighted by molar-refractivity contribution is -0.137. The molecule has 0 aromatic heterocycles. The van der Waals surface area contributed by atoms with E-state index in [1.165, 1.54) is 0 Å².